The summed E-state index contributed by atoms with van der Waals surface area (Å²) < 4.78 is 95.4. The van der Waals surface area contributed by atoms with E-state index in [1.807, 2.05) is 88.2 Å². The molecule has 8 nitrogen and oxygen atoms in total. The molecule has 0 saturated heterocycles. The van der Waals surface area contributed by atoms with E-state index in [4.69, 9.17) is 0 Å². The summed E-state index contributed by atoms with van der Waals surface area (Å²) in [5.74, 6) is 2.05. The molecule has 0 fully saturated rings. The second-order valence-electron chi connectivity index (χ2n) is 9.85. The Balaban J connectivity index is -0.0000000987. The van der Waals surface area contributed by atoms with Crippen LogP contribution in [0.15, 0.2) is 0 Å². The first kappa shape index (κ1) is 58.8. The monoisotopic (exact) mass is 1130 g/mol. The summed E-state index contributed by atoms with van der Waals surface area (Å²) in [6.07, 6.45) is 1.90. The van der Waals surface area contributed by atoms with E-state index in [2.05, 4.69) is 8.15 Å². The molecule has 0 aromatic rings. The number of alkyl halides is 2. The van der Waals surface area contributed by atoms with E-state index in [0.29, 0.717) is 39.3 Å². The minimum atomic E-state index is -2.95. The van der Waals surface area contributed by atoms with Crippen molar-refractivity contribution in [3.05, 3.63) is 0 Å². The van der Waals surface area contributed by atoms with Crippen molar-refractivity contribution in [2.75, 3.05) is 20.4 Å². The van der Waals surface area contributed by atoms with Crippen LogP contribution in [0.25, 0.3) is 0 Å². The molecule has 0 spiro atoms. The Morgan fingerprint density at radius 3 is 1.16 bits per heavy atom. The van der Waals surface area contributed by atoms with Crippen molar-refractivity contribution < 1.29 is 35.6 Å². The van der Waals surface area contributed by atoms with Crippen LogP contribution in [0.3, 0.4) is 0 Å². The third-order valence-corrected chi connectivity index (χ3v) is 31.6. The quantitative estimate of drug-likeness (QED) is 0.193. The van der Waals surface area contributed by atoms with Crippen LogP contribution in [-0.2, 0) is 26.8 Å². The first-order valence-electron chi connectivity index (χ1n) is 13.8. The Bertz CT molecular complexity index is 698. The van der Waals surface area contributed by atoms with Gasteiger partial charge in [0.15, 0.2) is 0 Å². The Hall–Kier alpha value is 2.57. The second-order valence-corrected chi connectivity index (χ2v) is 45.4. The normalized spacial score (nSPS) is 15.1. The summed E-state index contributed by atoms with van der Waals surface area (Å²) in [5, 5.41) is 0.887. The van der Waals surface area contributed by atoms with E-state index in [0.717, 1.165) is 5.32 Å². The van der Waals surface area contributed by atoms with Gasteiger partial charge in [-0.15, -0.1) is 0 Å². The fourth-order valence-electron chi connectivity index (χ4n) is 1.56. The molecular weight excluding hydrogens is 1060 g/mol. The molecule has 0 amide bonds. The zero-order valence-corrected chi connectivity index (χ0v) is 42.9. The summed E-state index contributed by atoms with van der Waals surface area (Å²) in [5.41, 5.74) is 0. The number of halogens is 2. The fourth-order valence-corrected chi connectivity index (χ4v) is 14.3. The van der Waals surface area contributed by atoms with E-state index in [-0.39, 0.29) is 9.63 Å². The molecule has 6 unspecified atom stereocenters. The van der Waals surface area contributed by atoms with Crippen molar-refractivity contribution >= 4 is 104 Å². The van der Waals surface area contributed by atoms with E-state index >= 15 is 0 Å². The van der Waals surface area contributed by atoms with Gasteiger partial charge in [-0.3, -0.25) is 0 Å². The molecule has 0 saturated carbocycles. The van der Waals surface area contributed by atoms with Crippen molar-refractivity contribution in [2.24, 2.45) is 0 Å². The molecule has 0 bridgehead atoms. The van der Waals surface area contributed by atoms with Crippen LogP contribution in [0.5, 0.6) is 0 Å². The van der Waals surface area contributed by atoms with Crippen LogP contribution in [0.2, 0.25) is 40.0 Å². The van der Waals surface area contributed by atoms with Gasteiger partial charge in [0, 0.05) is 0 Å². The summed E-state index contributed by atoms with van der Waals surface area (Å²) in [4.78, 5) is -1.49. The number of hydrogen-bond acceptors (Lipinski definition) is 8. The number of rotatable bonds is 12. The summed E-state index contributed by atoms with van der Waals surface area (Å²) in [6, 6.07) is 0. The number of hydrogen-bond donors (Lipinski definition) is 1. The van der Waals surface area contributed by atoms with Gasteiger partial charge < -0.3 is 0 Å². The van der Waals surface area contributed by atoms with Crippen LogP contribution in [0.1, 0.15) is 96.9 Å². The molecular formula is C26H63F2NO7SSe7. The van der Waals surface area contributed by atoms with E-state index in [1.54, 1.807) is 20.9 Å². The first-order chi connectivity index (χ1) is 19.8. The molecule has 0 radical (unpaired) electrons. The van der Waals surface area contributed by atoms with Gasteiger partial charge in [-0.2, -0.15) is 0 Å². The average Bonchev–Trinajstić information content (AvgIpc) is 2.94. The fraction of sp³-hybridized carbons (Fsp3) is 1.00. The molecule has 0 heterocycles. The van der Waals surface area contributed by atoms with Gasteiger partial charge in [0.25, 0.3) is 0 Å². The Labute approximate surface area is 302 Å². The molecule has 276 valence electrons. The van der Waals surface area contributed by atoms with Crippen molar-refractivity contribution in [1.29, 1.82) is 0 Å². The van der Waals surface area contributed by atoms with Gasteiger partial charge in [-0.1, -0.05) is 0 Å². The summed E-state index contributed by atoms with van der Waals surface area (Å²) >= 11 is -10.2. The van der Waals surface area contributed by atoms with E-state index in [9.17, 15) is 31.8 Å². The zero-order chi connectivity index (χ0) is 37.0. The molecule has 0 aromatic carbocycles. The topological polar surface area (TPSA) is 124 Å². The predicted octanol–water partition coefficient (Wildman–Crippen LogP) is 8.09. The first-order valence-corrected chi connectivity index (χ1v) is 36.9. The summed E-state index contributed by atoms with van der Waals surface area (Å²) in [6.45, 7) is 25.6. The molecule has 0 aliphatic rings. The van der Waals surface area contributed by atoms with Crippen LogP contribution in [0, 0.1) is 0 Å². The maximum atomic E-state index is 12.1. The molecule has 0 aliphatic heterocycles. The van der Waals surface area contributed by atoms with Crippen molar-refractivity contribution in [1.82, 2.24) is 4.33 Å². The second kappa shape index (κ2) is 36.8. The molecule has 6 atom stereocenters. The molecule has 0 aromatic heterocycles. The van der Waals surface area contributed by atoms with Crippen LogP contribution in [-0.4, -0.2) is 119 Å². The third kappa shape index (κ3) is 46.7. The van der Waals surface area contributed by atoms with Gasteiger partial charge >= 0.3 is 306 Å². The predicted molar refractivity (Wildman–Crippen MR) is 192 cm³/mol. The Kier molecular flexibility index (Phi) is 49.2. The summed E-state index contributed by atoms with van der Waals surface area (Å²) in [7, 11) is 4.72. The zero-order valence-electron chi connectivity index (χ0n) is 30.1. The average molecular weight is 1120 g/mol. The Morgan fingerprint density at radius 2 is 1.16 bits per heavy atom. The minimum absolute atomic E-state index is 0.213. The van der Waals surface area contributed by atoms with Gasteiger partial charge in [-0.25, -0.2) is 0 Å². The Morgan fingerprint density at radius 1 is 0.750 bits per heavy atom. The molecule has 0 aliphatic carbocycles. The van der Waals surface area contributed by atoms with Gasteiger partial charge in [0.2, 0.25) is 0 Å². The van der Waals surface area contributed by atoms with E-state index in [1.165, 1.54) is 17.3 Å². The maximum absolute atomic E-state index is 12.1. The molecule has 44 heavy (non-hydrogen) atoms. The van der Waals surface area contributed by atoms with Crippen molar-refractivity contribution in [3.8, 4) is 0 Å². The van der Waals surface area contributed by atoms with Crippen LogP contribution in [0.4, 0.5) is 8.78 Å². The van der Waals surface area contributed by atoms with E-state index < -0.39 is 85.4 Å². The standard InChI is InChI=1S/C5H10F2OSe.C5H12OSe.C4H11NOSe.C4H10O2Se.C4H10OSSe.C4H10OSe2/c1-4(2)9(8)5(3,6)7;1-4-7(6)5(2)3;1-4(2)7(6)5-3;3*1-4(2)7(5)6-3/h4H,1-3H3;5H,4H2,1-3H3;4-5H,1-3H3;3*4H,1-3H3. The number of nitrogens with one attached hydrogen (secondary N) is 1. The van der Waals surface area contributed by atoms with Crippen LogP contribution >= 0.6 is 10.2 Å². The molecule has 0 rings (SSSR count). The molecule has 18 heteroatoms. The SMILES string of the molecule is CC(C)[Se](=O)C(C)(F)F.CC[Se](=O)C(C)C.CN[Se](=O)C(C)C.CO[Se](=O)C(C)C.CS[Se](=O)C(C)C.C[Se][Se](=O)C(C)C. The van der Waals surface area contributed by atoms with Crippen LogP contribution < -0.4 is 4.33 Å². The third-order valence-electron chi connectivity index (χ3n) is 3.87. The van der Waals surface area contributed by atoms with Gasteiger partial charge in [0.05, 0.1) is 0 Å². The van der Waals surface area contributed by atoms with Gasteiger partial charge in [-0.05, 0) is 0 Å². The molecule has 1 N–H and O–H groups in total. The van der Waals surface area contributed by atoms with Gasteiger partial charge in [0.1, 0.15) is 0 Å². The van der Waals surface area contributed by atoms with Crippen molar-refractivity contribution in [3.63, 3.8) is 0 Å². The van der Waals surface area contributed by atoms with Crippen molar-refractivity contribution in [2.45, 2.75) is 142 Å².